The lowest BCUT2D eigenvalue weighted by Gasteiger charge is -2.17. The maximum atomic E-state index is 13.1. The highest BCUT2D eigenvalue weighted by molar-refractivity contribution is 8.00. The summed E-state index contributed by atoms with van der Waals surface area (Å²) in [5, 5.41) is 3.62. The molecule has 1 aromatic carbocycles. The third-order valence-electron chi connectivity index (χ3n) is 2.64. The number of hydrogen-bond donors (Lipinski definition) is 1. The van der Waals surface area contributed by atoms with E-state index in [4.69, 9.17) is 0 Å². The molecule has 1 atom stereocenters. The van der Waals surface area contributed by atoms with Gasteiger partial charge in [0.15, 0.2) is 0 Å². The number of rotatable bonds is 5. The molecular weight excluding hydrogens is 221 g/mol. The third kappa shape index (κ3) is 3.80. The Morgan fingerprint density at radius 3 is 2.56 bits per heavy atom. The van der Waals surface area contributed by atoms with Crippen molar-refractivity contribution in [2.45, 2.75) is 37.5 Å². The van der Waals surface area contributed by atoms with Gasteiger partial charge < -0.3 is 5.32 Å². The minimum atomic E-state index is -0.160. The molecule has 0 aromatic heterocycles. The van der Waals surface area contributed by atoms with Gasteiger partial charge in [0.1, 0.15) is 5.82 Å². The van der Waals surface area contributed by atoms with E-state index in [0.717, 1.165) is 5.56 Å². The van der Waals surface area contributed by atoms with Crippen molar-refractivity contribution in [1.29, 1.82) is 0 Å². The Hall–Kier alpha value is -0.540. The van der Waals surface area contributed by atoms with Gasteiger partial charge >= 0.3 is 0 Å². The van der Waals surface area contributed by atoms with Crippen LogP contribution in [0.25, 0.3) is 0 Å². The van der Waals surface area contributed by atoms with E-state index < -0.39 is 0 Å². The second-order valence-corrected chi connectivity index (χ2v) is 5.77. The molecule has 0 saturated carbocycles. The van der Waals surface area contributed by atoms with Gasteiger partial charge in [-0.1, -0.05) is 20.8 Å². The molecule has 0 saturated heterocycles. The molecule has 1 rings (SSSR count). The van der Waals surface area contributed by atoms with Crippen molar-refractivity contribution in [2.75, 3.05) is 7.05 Å². The Bertz CT molecular complexity index is 339. The molecule has 0 aliphatic carbocycles. The van der Waals surface area contributed by atoms with Crippen LogP contribution in [0.5, 0.6) is 0 Å². The predicted octanol–water partition coefficient (Wildman–Crippen LogP) is 3.68. The highest BCUT2D eigenvalue weighted by atomic mass is 32.2. The molecule has 0 amide bonds. The van der Waals surface area contributed by atoms with Gasteiger partial charge in [-0.2, -0.15) is 0 Å². The molecular formula is C13H20FNS. The van der Waals surface area contributed by atoms with E-state index in [1.807, 2.05) is 24.9 Å². The zero-order valence-electron chi connectivity index (χ0n) is 10.4. The van der Waals surface area contributed by atoms with E-state index >= 15 is 0 Å². The molecule has 1 N–H and O–H groups in total. The third-order valence-corrected chi connectivity index (χ3v) is 4.21. The number of nitrogens with one attached hydrogen (secondary N) is 1. The van der Waals surface area contributed by atoms with Crippen LogP contribution in [-0.2, 0) is 6.54 Å². The minimum Gasteiger partial charge on any atom is -0.316 e. The normalized spacial score (nSPS) is 13.1. The molecule has 3 heteroatoms. The Morgan fingerprint density at radius 1 is 1.31 bits per heavy atom. The summed E-state index contributed by atoms with van der Waals surface area (Å²) in [6.07, 6.45) is 0. The number of thioether (sulfide) groups is 1. The smallest absolute Gasteiger partial charge is 0.123 e. The molecule has 16 heavy (non-hydrogen) atoms. The summed E-state index contributed by atoms with van der Waals surface area (Å²) < 4.78 is 13.1. The lowest BCUT2D eigenvalue weighted by atomic mass is 10.2. The van der Waals surface area contributed by atoms with Crippen LogP contribution >= 0.6 is 11.8 Å². The van der Waals surface area contributed by atoms with E-state index in [1.165, 1.54) is 11.0 Å². The van der Waals surface area contributed by atoms with Gasteiger partial charge in [0.25, 0.3) is 0 Å². The maximum Gasteiger partial charge on any atom is 0.123 e. The molecule has 1 aromatic rings. The zero-order chi connectivity index (χ0) is 12.1. The van der Waals surface area contributed by atoms with Crippen LogP contribution < -0.4 is 5.32 Å². The topological polar surface area (TPSA) is 12.0 Å². The summed E-state index contributed by atoms with van der Waals surface area (Å²) in [6.45, 7) is 7.34. The molecule has 0 aliphatic heterocycles. The lowest BCUT2D eigenvalue weighted by Crippen LogP contribution is -2.09. The monoisotopic (exact) mass is 241 g/mol. The van der Waals surface area contributed by atoms with E-state index in [2.05, 4.69) is 26.1 Å². The molecule has 1 nitrogen and oxygen atoms in total. The van der Waals surface area contributed by atoms with Crippen molar-refractivity contribution in [1.82, 2.24) is 5.32 Å². The molecule has 90 valence electrons. The summed E-state index contributed by atoms with van der Waals surface area (Å²) in [7, 11) is 1.88. The molecule has 0 fully saturated rings. The highest BCUT2D eigenvalue weighted by Crippen LogP contribution is 2.30. The second-order valence-electron chi connectivity index (χ2n) is 4.35. The molecule has 0 bridgehead atoms. The SMILES string of the molecule is CNCc1cc(F)ccc1SC(C)C(C)C. The molecule has 0 heterocycles. The van der Waals surface area contributed by atoms with Gasteiger partial charge in [0.05, 0.1) is 0 Å². The van der Waals surface area contributed by atoms with Crippen molar-refractivity contribution in [3.63, 3.8) is 0 Å². The Morgan fingerprint density at radius 2 is 2.00 bits per heavy atom. The van der Waals surface area contributed by atoms with Gasteiger partial charge in [-0.05, 0) is 36.7 Å². The summed E-state index contributed by atoms with van der Waals surface area (Å²) in [6, 6.07) is 5.03. The first-order chi connectivity index (χ1) is 7.54. The van der Waals surface area contributed by atoms with Crippen LogP contribution in [-0.4, -0.2) is 12.3 Å². The molecule has 1 unspecified atom stereocenters. The quantitative estimate of drug-likeness (QED) is 0.789. The fourth-order valence-corrected chi connectivity index (χ4v) is 2.43. The lowest BCUT2D eigenvalue weighted by molar-refractivity contribution is 0.620. The first kappa shape index (κ1) is 13.5. The van der Waals surface area contributed by atoms with Crippen LogP contribution in [0.15, 0.2) is 23.1 Å². The van der Waals surface area contributed by atoms with Crippen molar-refractivity contribution >= 4 is 11.8 Å². The largest absolute Gasteiger partial charge is 0.316 e. The van der Waals surface area contributed by atoms with E-state index in [9.17, 15) is 4.39 Å². The van der Waals surface area contributed by atoms with E-state index in [1.54, 1.807) is 6.07 Å². The predicted molar refractivity (Wildman–Crippen MR) is 69.3 cm³/mol. The van der Waals surface area contributed by atoms with Crippen LogP contribution in [0.2, 0.25) is 0 Å². The average Bonchev–Trinajstić information content (AvgIpc) is 2.22. The van der Waals surface area contributed by atoms with Gasteiger partial charge in [-0.25, -0.2) is 4.39 Å². The van der Waals surface area contributed by atoms with Crippen molar-refractivity contribution in [3.05, 3.63) is 29.6 Å². The van der Waals surface area contributed by atoms with Crippen molar-refractivity contribution in [3.8, 4) is 0 Å². The standard InChI is InChI=1S/C13H20FNS/c1-9(2)10(3)16-13-6-5-12(14)7-11(13)8-15-4/h5-7,9-10,15H,8H2,1-4H3. The summed E-state index contributed by atoms with van der Waals surface area (Å²) >= 11 is 1.82. The van der Waals surface area contributed by atoms with Crippen LogP contribution in [0.3, 0.4) is 0 Å². The Balaban J connectivity index is 2.85. The van der Waals surface area contributed by atoms with E-state index in [-0.39, 0.29) is 5.82 Å². The first-order valence-electron chi connectivity index (χ1n) is 5.64. The molecule has 0 spiro atoms. The molecule has 0 aliphatic rings. The van der Waals surface area contributed by atoms with Crippen LogP contribution in [0.1, 0.15) is 26.3 Å². The minimum absolute atomic E-state index is 0.160. The Kier molecular flexibility index (Phi) is 5.29. The van der Waals surface area contributed by atoms with Crippen molar-refractivity contribution in [2.24, 2.45) is 5.92 Å². The van der Waals surface area contributed by atoms with Gasteiger partial charge in [0, 0.05) is 16.7 Å². The fraction of sp³-hybridized carbons (Fsp3) is 0.538. The number of hydrogen-bond acceptors (Lipinski definition) is 2. The number of benzene rings is 1. The van der Waals surface area contributed by atoms with Gasteiger partial charge in [0.2, 0.25) is 0 Å². The first-order valence-corrected chi connectivity index (χ1v) is 6.52. The maximum absolute atomic E-state index is 13.1. The van der Waals surface area contributed by atoms with Crippen LogP contribution in [0.4, 0.5) is 4.39 Å². The zero-order valence-corrected chi connectivity index (χ0v) is 11.2. The van der Waals surface area contributed by atoms with Gasteiger partial charge in [-0.15, -0.1) is 11.8 Å². The fourth-order valence-electron chi connectivity index (χ4n) is 1.33. The van der Waals surface area contributed by atoms with E-state index in [0.29, 0.717) is 17.7 Å². The van der Waals surface area contributed by atoms with Crippen molar-refractivity contribution < 1.29 is 4.39 Å². The Labute approximate surface area is 102 Å². The molecule has 0 radical (unpaired) electrons. The average molecular weight is 241 g/mol. The summed E-state index contributed by atoms with van der Waals surface area (Å²) in [5.41, 5.74) is 1.04. The second kappa shape index (κ2) is 6.26. The summed E-state index contributed by atoms with van der Waals surface area (Å²) in [5.74, 6) is 0.462. The summed E-state index contributed by atoms with van der Waals surface area (Å²) in [4.78, 5) is 1.18. The highest BCUT2D eigenvalue weighted by Gasteiger charge is 2.12. The number of halogens is 1. The van der Waals surface area contributed by atoms with Crippen LogP contribution in [0, 0.1) is 11.7 Å². The van der Waals surface area contributed by atoms with Gasteiger partial charge in [-0.3, -0.25) is 0 Å².